The van der Waals surface area contributed by atoms with Crippen molar-refractivity contribution in [1.29, 1.82) is 0 Å². The van der Waals surface area contributed by atoms with Gasteiger partial charge in [0.2, 0.25) is 11.9 Å². The number of halogens is 3. The molecular formula is C41H48F3N8O11P. The number of fused-ring (bicyclic) bond motifs is 1. The van der Waals surface area contributed by atoms with E-state index in [4.69, 9.17) is 34.9 Å². The molecule has 8 N–H and O–H groups in total. The molecular weight excluding hydrogens is 868 g/mol. The lowest BCUT2D eigenvalue weighted by Gasteiger charge is -2.16. The van der Waals surface area contributed by atoms with Crippen LogP contribution >= 0.6 is 7.82 Å². The van der Waals surface area contributed by atoms with Crippen LogP contribution in [0, 0.1) is 0 Å². The minimum absolute atomic E-state index is 0.00258. The number of carboxylic acid groups (broad SMARTS) is 1. The summed E-state index contributed by atoms with van der Waals surface area (Å²) in [5, 5.41) is 14.3. The standard InChI is InChI=1S/C25H29F3NO9P.C14H13N7O2.C2H6/c1-3-35-39(34,36-4-2)37-15-14-17-8-11-19(12-9-17)29-24(33)20-13-10-18(25(26,27)28)16-21(20)38-23(32)7-5-6-22(30)31;15-11(22)7-1-3-8(4-2-7)17-5-9-6-18-12-10(19-9)13(23)21-14(16)20-12;1-2/h8-13,16H,3-7,14-15H2,1-2H3,(H,29,33)(H,30,31);1-4,6,17H,5H2,(H2,15,22)(H3,16,18,20,21,23);1-2H3. The number of nitrogen functional groups attached to an aromatic ring is 1. The quantitative estimate of drug-likeness (QED) is 0.0279. The molecule has 0 fully saturated rings. The van der Waals surface area contributed by atoms with Crippen molar-refractivity contribution in [2.45, 2.75) is 66.1 Å². The number of carbonyl (C=O) groups is 4. The number of phosphoric ester groups is 1. The van der Waals surface area contributed by atoms with Crippen molar-refractivity contribution in [2.24, 2.45) is 5.73 Å². The van der Waals surface area contributed by atoms with Gasteiger partial charge in [-0.1, -0.05) is 26.0 Å². The Morgan fingerprint density at radius 2 is 1.53 bits per heavy atom. The van der Waals surface area contributed by atoms with E-state index >= 15 is 0 Å². The summed E-state index contributed by atoms with van der Waals surface area (Å²) >= 11 is 0. The topological polar surface area (TPSA) is 290 Å². The molecule has 0 bridgehead atoms. The third-order valence-corrected chi connectivity index (χ3v) is 9.75. The fourth-order valence-corrected chi connectivity index (χ4v) is 6.36. The number of anilines is 3. The zero-order chi connectivity index (χ0) is 47.5. The highest BCUT2D eigenvalue weighted by Crippen LogP contribution is 2.49. The number of nitrogens with two attached hydrogens (primary N) is 2. The van der Waals surface area contributed by atoms with Crippen molar-refractivity contribution in [3.63, 3.8) is 0 Å². The van der Waals surface area contributed by atoms with Crippen LogP contribution in [-0.2, 0) is 46.9 Å². The number of hydrogen-bond donors (Lipinski definition) is 6. The number of carbonyl (C=O) groups excluding carboxylic acids is 3. The van der Waals surface area contributed by atoms with Gasteiger partial charge in [-0.15, -0.1) is 0 Å². The van der Waals surface area contributed by atoms with Crippen LogP contribution in [0.3, 0.4) is 0 Å². The monoisotopic (exact) mass is 916 g/mol. The number of amides is 2. The molecule has 2 amide bonds. The average Bonchev–Trinajstić information content (AvgIpc) is 3.24. The van der Waals surface area contributed by atoms with Crippen LogP contribution < -0.4 is 32.4 Å². The van der Waals surface area contributed by atoms with E-state index in [1.54, 1.807) is 62.4 Å². The molecule has 2 heterocycles. The van der Waals surface area contributed by atoms with E-state index in [2.05, 4.69) is 30.6 Å². The number of primary amides is 1. The average molecular weight is 917 g/mol. The van der Waals surface area contributed by atoms with E-state index in [1.165, 1.54) is 6.20 Å². The highest BCUT2D eigenvalue weighted by atomic mass is 31.2. The number of aromatic amines is 1. The Bertz CT molecular complexity index is 2460. The summed E-state index contributed by atoms with van der Waals surface area (Å²) in [6, 6.07) is 15.2. The fraction of sp³-hybridized carbons (Fsp3) is 0.317. The molecule has 0 aliphatic heterocycles. The number of benzene rings is 3. The molecule has 0 unspecified atom stereocenters. The SMILES string of the molecule is CC.CCOP(=O)(OCC)OCCc1ccc(NC(=O)c2ccc(C(F)(F)F)cc2OC(=O)CCCC(=O)O)cc1.NC(=O)c1ccc(NCc2cnc3nc(N)[nH]c(=O)c3n2)cc1. The van der Waals surface area contributed by atoms with E-state index in [-0.39, 0.29) is 61.8 Å². The van der Waals surface area contributed by atoms with E-state index in [0.29, 0.717) is 42.0 Å². The first-order chi connectivity index (χ1) is 30.4. The molecule has 0 spiro atoms. The lowest BCUT2D eigenvalue weighted by Crippen LogP contribution is -2.17. The Morgan fingerprint density at radius 3 is 2.12 bits per heavy atom. The normalized spacial score (nSPS) is 11.0. The number of nitrogens with zero attached hydrogens (tertiary/aromatic N) is 3. The number of phosphoric acid groups is 1. The molecule has 0 aliphatic carbocycles. The van der Waals surface area contributed by atoms with Gasteiger partial charge in [-0.3, -0.25) is 42.5 Å². The summed E-state index contributed by atoms with van der Waals surface area (Å²) in [5.74, 6) is -4.04. The van der Waals surface area contributed by atoms with Crippen LogP contribution in [0.2, 0.25) is 0 Å². The van der Waals surface area contributed by atoms with Gasteiger partial charge < -0.3 is 31.9 Å². The van der Waals surface area contributed by atoms with Crippen LogP contribution in [0.5, 0.6) is 5.75 Å². The van der Waals surface area contributed by atoms with E-state index in [9.17, 15) is 41.7 Å². The zero-order valence-electron chi connectivity index (χ0n) is 35.2. The first-order valence-corrected chi connectivity index (χ1v) is 21.1. The number of esters is 1. The predicted molar refractivity (Wildman–Crippen MR) is 229 cm³/mol. The summed E-state index contributed by atoms with van der Waals surface area (Å²) < 4.78 is 72.3. The first kappa shape index (κ1) is 51.6. The third-order valence-electron chi connectivity index (χ3n) is 8.10. The largest absolute Gasteiger partial charge is 0.481 e. The molecule has 19 nitrogen and oxygen atoms in total. The summed E-state index contributed by atoms with van der Waals surface area (Å²) in [6.45, 7) is 8.00. The van der Waals surface area contributed by atoms with Crippen molar-refractivity contribution < 1.29 is 60.3 Å². The highest BCUT2D eigenvalue weighted by molar-refractivity contribution is 7.48. The highest BCUT2D eigenvalue weighted by Gasteiger charge is 2.32. The molecule has 3 aromatic carbocycles. The Labute approximate surface area is 364 Å². The molecule has 0 atom stereocenters. The number of nitrogens with one attached hydrogen (secondary N) is 3. The van der Waals surface area contributed by atoms with Crippen LogP contribution in [-0.4, -0.2) is 68.6 Å². The lowest BCUT2D eigenvalue weighted by atomic mass is 10.1. The second-order valence-electron chi connectivity index (χ2n) is 12.7. The van der Waals surface area contributed by atoms with Crippen molar-refractivity contribution in [3.8, 4) is 5.75 Å². The molecule has 0 aliphatic rings. The summed E-state index contributed by atoms with van der Waals surface area (Å²) in [5.41, 5.74) is 11.9. The number of rotatable bonds is 19. The minimum Gasteiger partial charge on any atom is -0.481 e. The number of H-pyrrole nitrogens is 1. The summed E-state index contributed by atoms with van der Waals surface area (Å²) in [6.07, 6.45) is -3.66. The van der Waals surface area contributed by atoms with Crippen LogP contribution in [0.4, 0.5) is 30.5 Å². The van der Waals surface area contributed by atoms with Gasteiger partial charge in [0.05, 0.1) is 49.4 Å². The van der Waals surface area contributed by atoms with Crippen molar-refractivity contribution in [1.82, 2.24) is 19.9 Å². The molecule has 2 aromatic heterocycles. The minimum atomic E-state index is -4.75. The molecule has 0 saturated heterocycles. The van der Waals surface area contributed by atoms with E-state index in [0.717, 1.165) is 17.3 Å². The number of hydrogen-bond acceptors (Lipinski definition) is 15. The predicted octanol–water partition coefficient (Wildman–Crippen LogP) is 6.89. The molecule has 0 saturated carbocycles. The molecule has 23 heteroatoms. The molecule has 5 aromatic rings. The third kappa shape index (κ3) is 16.5. The summed E-state index contributed by atoms with van der Waals surface area (Å²) in [7, 11) is -3.65. The van der Waals surface area contributed by atoms with Crippen LogP contribution in [0.1, 0.15) is 84.5 Å². The van der Waals surface area contributed by atoms with E-state index in [1.807, 2.05) is 13.8 Å². The maximum Gasteiger partial charge on any atom is 0.474 e. The molecule has 344 valence electrons. The molecule has 0 radical (unpaired) electrons. The number of carboxylic acids is 1. The van der Waals surface area contributed by atoms with Gasteiger partial charge in [-0.25, -0.2) is 14.5 Å². The Balaban J connectivity index is 0.000000367. The van der Waals surface area contributed by atoms with Crippen molar-refractivity contribution in [2.75, 3.05) is 36.2 Å². The Kier molecular flexibility index (Phi) is 20.0. The maximum atomic E-state index is 13.2. The fourth-order valence-electron chi connectivity index (χ4n) is 5.19. The van der Waals surface area contributed by atoms with Crippen LogP contribution in [0.25, 0.3) is 11.2 Å². The van der Waals surface area contributed by atoms with Crippen molar-refractivity contribution >= 4 is 60.1 Å². The maximum absolute atomic E-state index is 13.2. The van der Waals surface area contributed by atoms with Gasteiger partial charge in [0.25, 0.3) is 11.5 Å². The van der Waals surface area contributed by atoms with Gasteiger partial charge in [0.15, 0.2) is 11.2 Å². The molecule has 5 rings (SSSR count). The van der Waals surface area contributed by atoms with E-state index < -0.39 is 54.6 Å². The lowest BCUT2D eigenvalue weighted by molar-refractivity contribution is -0.140. The first-order valence-electron chi connectivity index (χ1n) is 19.6. The van der Waals surface area contributed by atoms with Gasteiger partial charge in [0.1, 0.15) is 5.75 Å². The smallest absolute Gasteiger partial charge is 0.474 e. The number of aliphatic carboxylic acids is 1. The van der Waals surface area contributed by atoms with Gasteiger partial charge in [-0.05, 0) is 86.8 Å². The van der Waals surface area contributed by atoms with Crippen LogP contribution in [0.15, 0.2) is 77.7 Å². The zero-order valence-corrected chi connectivity index (χ0v) is 36.1. The van der Waals surface area contributed by atoms with Crippen molar-refractivity contribution in [3.05, 3.63) is 111 Å². The number of aromatic nitrogens is 4. The Morgan fingerprint density at radius 1 is 0.891 bits per heavy atom. The van der Waals surface area contributed by atoms with Gasteiger partial charge in [-0.2, -0.15) is 18.2 Å². The number of alkyl halides is 3. The Hall–Kier alpha value is -6.74. The van der Waals surface area contributed by atoms with Gasteiger partial charge >= 0.3 is 25.9 Å². The second-order valence-corrected chi connectivity index (χ2v) is 14.4. The second kappa shape index (κ2) is 24.8. The van der Waals surface area contributed by atoms with Gasteiger partial charge in [0, 0.05) is 29.8 Å². The summed E-state index contributed by atoms with van der Waals surface area (Å²) in [4.78, 5) is 72.9. The number of ether oxygens (including phenoxy) is 1. The molecule has 64 heavy (non-hydrogen) atoms.